The maximum Gasteiger partial charge on any atom is 0.330 e. The Morgan fingerprint density at radius 1 is 1.54 bits per heavy atom. The lowest BCUT2D eigenvalue weighted by molar-refractivity contribution is -0.137. The molecule has 0 heterocycles. The molecule has 0 aliphatic heterocycles. The van der Waals surface area contributed by atoms with Crippen LogP contribution >= 0.6 is 0 Å². The summed E-state index contributed by atoms with van der Waals surface area (Å²) in [5.74, 6) is -0.265. The minimum absolute atomic E-state index is 0.265. The van der Waals surface area contributed by atoms with E-state index in [9.17, 15) is 4.79 Å². The van der Waals surface area contributed by atoms with Crippen LogP contribution in [-0.4, -0.2) is 20.8 Å². The first-order valence-corrected chi connectivity index (χ1v) is 7.82. The van der Waals surface area contributed by atoms with Crippen LogP contribution in [0.2, 0.25) is 19.1 Å². The number of carbonyl (C=O) groups excluding carboxylic acids is 1. The summed E-state index contributed by atoms with van der Waals surface area (Å²) in [7, 11) is -1.46. The third-order valence-electron chi connectivity index (χ3n) is 1.51. The van der Waals surface area contributed by atoms with Gasteiger partial charge in [0.05, 0.1) is 6.61 Å². The van der Waals surface area contributed by atoms with Crippen molar-refractivity contribution < 1.29 is 9.53 Å². The first-order chi connectivity index (χ1) is 5.95. The van der Waals surface area contributed by atoms with E-state index in [0.717, 1.165) is 12.5 Å². The first-order valence-electron chi connectivity index (χ1n) is 4.54. The minimum Gasteiger partial charge on any atom is -0.463 e. The van der Waals surface area contributed by atoms with Gasteiger partial charge in [-0.25, -0.2) is 4.79 Å². The fraction of sp³-hybridized carbons (Fsp3) is 0.667. The number of hydrogen-bond donors (Lipinski definition) is 1. The Hall–Kier alpha value is -0.613. The maximum atomic E-state index is 10.8. The zero-order chi connectivity index (χ0) is 10.3. The highest BCUT2D eigenvalue weighted by Crippen LogP contribution is 2.04. The van der Waals surface area contributed by atoms with Gasteiger partial charge in [-0.1, -0.05) is 19.2 Å². The average molecular weight is 201 g/mol. The second-order valence-electron chi connectivity index (χ2n) is 3.76. The van der Waals surface area contributed by atoms with Crippen LogP contribution in [0.1, 0.15) is 13.3 Å². The van der Waals surface area contributed by atoms with Gasteiger partial charge in [-0.15, -0.1) is 0 Å². The first kappa shape index (κ1) is 12.4. The van der Waals surface area contributed by atoms with E-state index in [4.69, 9.17) is 10.1 Å². The number of esters is 1. The van der Waals surface area contributed by atoms with Gasteiger partial charge >= 0.3 is 5.97 Å². The summed E-state index contributed by atoms with van der Waals surface area (Å²) in [5.41, 5.74) is 0. The van der Waals surface area contributed by atoms with Crippen molar-refractivity contribution in [3.05, 3.63) is 12.2 Å². The van der Waals surface area contributed by atoms with Gasteiger partial charge in [0, 0.05) is 6.08 Å². The van der Waals surface area contributed by atoms with Gasteiger partial charge in [0.1, 0.15) is 8.24 Å². The second-order valence-corrected chi connectivity index (χ2v) is 8.24. The average Bonchev–Trinajstić information content (AvgIpc) is 1.97. The Bertz CT molecular complexity index is 185. The molecule has 0 bridgehead atoms. The summed E-state index contributed by atoms with van der Waals surface area (Å²) >= 11 is 0. The summed E-state index contributed by atoms with van der Waals surface area (Å²) < 4.78 is 4.92. The minimum atomic E-state index is -1.46. The van der Waals surface area contributed by atoms with Crippen molar-refractivity contribution in [1.29, 1.82) is 0 Å². The largest absolute Gasteiger partial charge is 0.463 e. The molecular weight excluding hydrogens is 182 g/mol. The number of nitrogens with two attached hydrogens (primary N) is 1. The molecular formula is C9H19NO2Si. The van der Waals surface area contributed by atoms with E-state index in [1.54, 1.807) is 13.0 Å². The molecule has 0 aromatic carbocycles. The maximum absolute atomic E-state index is 10.8. The smallest absolute Gasteiger partial charge is 0.330 e. The lowest BCUT2D eigenvalue weighted by Crippen LogP contribution is -2.37. The van der Waals surface area contributed by atoms with Crippen LogP contribution in [0.5, 0.6) is 0 Å². The van der Waals surface area contributed by atoms with Crippen LogP contribution in [0.25, 0.3) is 0 Å². The van der Waals surface area contributed by atoms with E-state index in [2.05, 4.69) is 13.1 Å². The molecule has 0 rings (SSSR count). The molecule has 0 atom stereocenters. The van der Waals surface area contributed by atoms with Gasteiger partial charge in [-0.2, -0.15) is 0 Å². The van der Waals surface area contributed by atoms with E-state index >= 15 is 0 Å². The van der Waals surface area contributed by atoms with Crippen LogP contribution in [0.15, 0.2) is 12.2 Å². The molecule has 0 spiro atoms. The lowest BCUT2D eigenvalue weighted by atomic mass is 10.5. The van der Waals surface area contributed by atoms with E-state index in [1.165, 1.54) is 6.08 Å². The zero-order valence-electron chi connectivity index (χ0n) is 8.67. The Morgan fingerprint density at radius 2 is 2.15 bits per heavy atom. The van der Waals surface area contributed by atoms with E-state index in [0.29, 0.717) is 6.61 Å². The van der Waals surface area contributed by atoms with Crippen molar-refractivity contribution in [3.63, 3.8) is 0 Å². The lowest BCUT2D eigenvalue weighted by Gasteiger charge is -2.14. The predicted octanol–water partition coefficient (Wildman–Crippen LogP) is 1.66. The Kier molecular flexibility index (Phi) is 5.66. The number of hydrogen-bond acceptors (Lipinski definition) is 3. The molecule has 0 radical (unpaired) electrons. The number of ether oxygens (including phenoxy) is 1. The third kappa shape index (κ3) is 9.30. The van der Waals surface area contributed by atoms with Gasteiger partial charge in [-0.05, 0) is 19.4 Å². The van der Waals surface area contributed by atoms with Crippen molar-refractivity contribution in [2.75, 3.05) is 6.61 Å². The normalized spacial score (nSPS) is 12.0. The molecule has 0 saturated heterocycles. The Balaban J connectivity index is 3.41. The molecule has 0 fully saturated rings. The quantitative estimate of drug-likeness (QED) is 0.318. The van der Waals surface area contributed by atoms with Crippen molar-refractivity contribution in [2.45, 2.75) is 32.5 Å². The van der Waals surface area contributed by atoms with Crippen LogP contribution in [0.4, 0.5) is 0 Å². The van der Waals surface area contributed by atoms with Gasteiger partial charge in [0.15, 0.2) is 0 Å². The Labute approximate surface area is 81.0 Å². The fourth-order valence-electron chi connectivity index (χ4n) is 0.885. The zero-order valence-corrected chi connectivity index (χ0v) is 9.67. The summed E-state index contributed by atoms with van der Waals surface area (Å²) in [6.45, 7) is 6.47. The molecule has 0 saturated carbocycles. The van der Waals surface area contributed by atoms with Crippen molar-refractivity contribution in [1.82, 2.24) is 0 Å². The molecule has 2 N–H and O–H groups in total. The van der Waals surface area contributed by atoms with Crippen LogP contribution in [0, 0.1) is 0 Å². The van der Waals surface area contributed by atoms with Gasteiger partial charge in [-0.3, -0.25) is 0 Å². The molecule has 13 heavy (non-hydrogen) atoms. The van der Waals surface area contributed by atoms with Crippen molar-refractivity contribution in [3.8, 4) is 0 Å². The third-order valence-corrected chi connectivity index (χ3v) is 3.15. The highest BCUT2D eigenvalue weighted by Gasteiger charge is 2.13. The number of carbonyl (C=O) groups is 1. The standard InChI is InChI=1S/C9H19NO2Si/c1-4-6-9(11)12-7-5-8-13(2,3)10/h4,6H,5,7-8,10H2,1-3H3. The van der Waals surface area contributed by atoms with Crippen LogP contribution < -0.4 is 5.40 Å². The molecule has 0 aromatic heterocycles. The highest BCUT2D eigenvalue weighted by molar-refractivity contribution is 6.74. The number of rotatable bonds is 5. The van der Waals surface area contributed by atoms with Gasteiger partial charge in [0.2, 0.25) is 0 Å². The second kappa shape index (κ2) is 5.94. The Morgan fingerprint density at radius 3 is 2.62 bits per heavy atom. The van der Waals surface area contributed by atoms with E-state index in [-0.39, 0.29) is 5.97 Å². The molecule has 0 unspecified atom stereocenters. The van der Waals surface area contributed by atoms with E-state index in [1.807, 2.05) is 0 Å². The van der Waals surface area contributed by atoms with Gasteiger partial charge < -0.3 is 10.1 Å². The topological polar surface area (TPSA) is 52.3 Å². The molecule has 4 heteroatoms. The SMILES string of the molecule is CC=CC(=O)OCCC[Si](C)(C)N. The van der Waals surface area contributed by atoms with Crippen molar-refractivity contribution >= 4 is 14.2 Å². The highest BCUT2D eigenvalue weighted by atomic mass is 28.3. The number of allylic oxidation sites excluding steroid dienone is 1. The monoisotopic (exact) mass is 201 g/mol. The van der Waals surface area contributed by atoms with Gasteiger partial charge in [0.25, 0.3) is 0 Å². The van der Waals surface area contributed by atoms with Crippen molar-refractivity contribution in [2.24, 2.45) is 5.40 Å². The summed E-state index contributed by atoms with van der Waals surface area (Å²) in [4.78, 5) is 10.8. The van der Waals surface area contributed by atoms with E-state index < -0.39 is 8.24 Å². The molecule has 76 valence electrons. The van der Waals surface area contributed by atoms with Crippen LogP contribution in [-0.2, 0) is 9.53 Å². The molecule has 0 aliphatic rings. The molecule has 0 amide bonds. The van der Waals surface area contributed by atoms with Crippen LogP contribution in [0.3, 0.4) is 0 Å². The molecule has 0 aliphatic carbocycles. The predicted molar refractivity (Wildman–Crippen MR) is 56.9 cm³/mol. The molecule has 0 aromatic rings. The fourth-order valence-corrected chi connectivity index (χ4v) is 1.94. The molecule has 3 nitrogen and oxygen atoms in total. The summed E-state index contributed by atoms with van der Waals surface area (Å²) in [6.07, 6.45) is 3.97. The summed E-state index contributed by atoms with van der Waals surface area (Å²) in [5, 5.41) is 5.90. The summed E-state index contributed by atoms with van der Waals surface area (Å²) in [6, 6.07) is 0.996.